The van der Waals surface area contributed by atoms with Crippen LogP contribution in [-0.2, 0) is 19.0 Å². The number of nitrogens with one attached hydrogen (secondary N) is 1. The molecule has 0 aromatic rings. The van der Waals surface area contributed by atoms with E-state index < -0.39 is 16.6 Å². The number of ether oxygens (including phenoxy) is 3. The third kappa shape index (κ3) is 4.47. The Labute approximate surface area is 208 Å². The average Bonchev–Trinajstić information content (AvgIpc) is 3.51. The third-order valence-electron chi connectivity index (χ3n) is 9.18. The summed E-state index contributed by atoms with van der Waals surface area (Å²) in [5.41, 5.74) is -2.22. The smallest absolute Gasteiger partial charge is 0.410 e. The number of nitrogens with zero attached hydrogens (tertiary/aromatic N) is 2. The molecule has 198 valence electrons. The summed E-state index contributed by atoms with van der Waals surface area (Å²) in [4.78, 5) is 30.7. The summed E-state index contributed by atoms with van der Waals surface area (Å²) in [6.07, 6.45) is 5.96. The van der Waals surface area contributed by atoms with Gasteiger partial charge in [-0.2, -0.15) is 0 Å². The number of methoxy groups -OCH3 is 1. The van der Waals surface area contributed by atoms with Gasteiger partial charge in [-0.1, -0.05) is 0 Å². The van der Waals surface area contributed by atoms with E-state index in [1.54, 1.807) is 12.0 Å². The zero-order valence-electron chi connectivity index (χ0n) is 21.8. The first kappa shape index (κ1) is 25.2. The molecule has 2 bridgehead atoms. The molecule has 5 rings (SSSR count). The van der Waals surface area contributed by atoms with Crippen molar-refractivity contribution < 1.29 is 28.9 Å². The van der Waals surface area contributed by atoms with Gasteiger partial charge in [0, 0.05) is 38.9 Å². The molecule has 3 aliphatic heterocycles. The topological polar surface area (TPSA) is 101 Å². The molecule has 2 N–H and O–H groups in total. The lowest BCUT2D eigenvalue weighted by Gasteiger charge is -2.52. The van der Waals surface area contributed by atoms with Crippen LogP contribution < -0.4 is 5.32 Å². The summed E-state index contributed by atoms with van der Waals surface area (Å²) in [5.74, 6) is 0.0932. The van der Waals surface area contributed by atoms with Crippen LogP contribution in [0.25, 0.3) is 0 Å². The van der Waals surface area contributed by atoms with Gasteiger partial charge in [-0.05, 0) is 72.1 Å². The molecule has 5 fully saturated rings. The van der Waals surface area contributed by atoms with Gasteiger partial charge in [0.1, 0.15) is 5.60 Å². The van der Waals surface area contributed by atoms with Gasteiger partial charge in [0.25, 0.3) is 0 Å². The van der Waals surface area contributed by atoms with Crippen LogP contribution >= 0.6 is 0 Å². The molecule has 3 heterocycles. The molecular formula is C26H43N3O6. The predicted molar refractivity (Wildman–Crippen MR) is 129 cm³/mol. The number of rotatable bonds is 5. The van der Waals surface area contributed by atoms with Crippen LogP contribution in [0.4, 0.5) is 4.79 Å². The SMILES string of the molecule is CO[C@@H]1COCC[C@@H]1N[C@@H]1CC[C@@](C(=O)N2C[C@H]3C[C@@H]2CN3C(=O)OC(C)(C)C)(C2(O)CCC2)C1. The standard InChI is InChI=1S/C26H43N3O6/c1-24(2,3)35-23(31)29-15-18-12-19(29)14-28(18)22(30)25(26(32)8-5-9-26)10-6-17(13-25)27-20-7-11-34-16-21(20)33-4/h17-21,27,32H,5-16H2,1-4H3/t17-,18-,19-,20+,21-,25-/m1/s1. The van der Waals surface area contributed by atoms with Crippen LogP contribution in [0.1, 0.15) is 72.1 Å². The zero-order valence-corrected chi connectivity index (χ0v) is 21.8. The fourth-order valence-electron chi connectivity index (χ4n) is 7.17. The Bertz CT molecular complexity index is 826. The first-order chi connectivity index (χ1) is 16.6. The van der Waals surface area contributed by atoms with Crippen LogP contribution in [0.15, 0.2) is 0 Å². The summed E-state index contributed by atoms with van der Waals surface area (Å²) in [7, 11) is 1.72. The fraction of sp³-hybridized carbons (Fsp3) is 0.923. The highest BCUT2D eigenvalue weighted by Crippen LogP contribution is 2.57. The molecule has 35 heavy (non-hydrogen) atoms. The largest absolute Gasteiger partial charge is 0.444 e. The maximum absolute atomic E-state index is 14.2. The molecule has 0 aromatic heterocycles. The summed E-state index contributed by atoms with van der Waals surface area (Å²) in [6, 6.07) is 0.362. The molecule has 3 saturated heterocycles. The van der Waals surface area contributed by atoms with E-state index in [4.69, 9.17) is 14.2 Å². The Morgan fingerprint density at radius 3 is 2.40 bits per heavy atom. The van der Waals surface area contributed by atoms with Crippen molar-refractivity contribution in [3.63, 3.8) is 0 Å². The second-order valence-electron chi connectivity index (χ2n) is 12.5. The van der Waals surface area contributed by atoms with Gasteiger partial charge in [-0.25, -0.2) is 4.79 Å². The second kappa shape index (κ2) is 9.15. The molecule has 5 aliphatic rings. The molecule has 9 nitrogen and oxygen atoms in total. The van der Waals surface area contributed by atoms with E-state index >= 15 is 0 Å². The number of carbonyl (C=O) groups is 2. The molecule has 2 aliphatic carbocycles. The fourth-order valence-corrected chi connectivity index (χ4v) is 7.17. The maximum atomic E-state index is 14.2. The van der Waals surface area contributed by atoms with Gasteiger partial charge in [0.2, 0.25) is 5.91 Å². The summed E-state index contributed by atoms with van der Waals surface area (Å²) in [6.45, 7) is 7.96. The molecule has 0 spiro atoms. The lowest BCUT2D eigenvalue weighted by Crippen LogP contribution is -2.63. The molecule has 0 aromatic carbocycles. The predicted octanol–water partition coefficient (Wildman–Crippen LogP) is 2.05. The van der Waals surface area contributed by atoms with Gasteiger partial charge < -0.3 is 34.4 Å². The number of carbonyl (C=O) groups excluding carboxylic acids is 2. The summed E-state index contributed by atoms with van der Waals surface area (Å²) in [5, 5.41) is 15.4. The molecule has 0 radical (unpaired) electrons. The highest BCUT2D eigenvalue weighted by Gasteiger charge is 2.64. The first-order valence-corrected chi connectivity index (χ1v) is 13.4. The molecular weight excluding hydrogens is 450 g/mol. The summed E-state index contributed by atoms with van der Waals surface area (Å²) >= 11 is 0. The zero-order chi connectivity index (χ0) is 25.0. The molecule has 2 amide bonds. The maximum Gasteiger partial charge on any atom is 0.410 e. The minimum Gasteiger partial charge on any atom is -0.444 e. The normalized spacial score (nSPS) is 38.5. The van der Waals surface area contributed by atoms with E-state index in [-0.39, 0.29) is 42.3 Å². The number of hydrogen-bond acceptors (Lipinski definition) is 7. The van der Waals surface area contributed by atoms with Crippen LogP contribution in [0.5, 0.6) is 0 Å². The quantitative estimate of drug-likeness (QED) is 0.605. The highest BCUT2D eigenvalue weighted by atomic mass is 16.6. The minimum absolute atomic E-state index is 0.000874. The van der Waals surface area contributed by atoms with Crippen molar-refractivity contribution in [2.24, 2.45) is 5.41 Å². The highest BCUT2D eigenvalue weighted by molar-refractivity contribution is 5.86. The average molecular weight is 494 g/mol. The van der Waals surface area contributed by atoms with Crippen molar-refractivity contribution in [3.05, 3.63) is 0 Å². The van der Waals surface area contributed by atoms with Gasteiger partial charge >= 0.3 is 6.09 Å². The first-order valence-electron chi connectivity index (χ1n) is 13.4. The summed E-state index contributed by atoms with van der Waals surface area (Å²) < 4.78 is 16.8. The number of hydrogen-bond donors (Lipinski definition) is 2. The Morgan fingerprint density at radius 1 is 1.09 bits per heavy atom. The van der Waals surface area contributed by atoms with Crippen molar-refractivity contribution >= 4 is 12.0 Å². The van der Waals surface area contributed by atoms with E-state index in [0.29, 0.717) is 52.0 Å². The van der Waals surface area contributed by atoms with Crippen LogP contribution in [0.2, 0.25) is 0 Å². The van der Waals surface area contributed by atoms with Crippen LogP contribution in [0.3, 0.4) is 0 Å². The lowest BCUT2D eigenvalue weighted by molar-refractivity contribution is -0.179. The van der Waals surface area contributed by atoms with Crippen molar-refractivity contribution in [1.29, 1.82) is 0 Å². The van der Waals surface area contributed by atoms with E-state index in [2.05, 4.69) is 5.32 Å². The van der Waals surface area contributed by atoms with E-state index in [0.717, 1.165) is 25.7 Å². The second-order valence-corrected chi connectivity index (χ2v) is 12.5. The van der Waals surface area contributed by atoms with Crippen LogP contribution in [0, 0.1) is 5.41 Å². The van der Waals surface area contributed by atoms with E-state index in [9.17, 15) is 14.7 Å². The van der Waals surface area contributed by atoms with Crippen molar-refractivity contribution in [2.75, 3.05) is 33.4 Å². The van der Waals surface area contributed by atoms with Gasteiger partial charge in [0.15, 0.2) is 0 Å². The number of likely N-dealkylation sites (tertiary alicyclic amines) is 2. The number of fused-ring (bicyclic) bond motifs is 2. The molecule has 2 saturated carbocycles. The number of amides is 2. The Morgan fingerprint density at radius 2 is 1.80 bits per heavy atom. The Kier molecular flexibility index (Phi) is 6.60. The monoisotopic (exact) mass is 493 g/mol. The van der Waals surface area contributed by atoms with Gasteiger partial charge in [-0.3, -0.25) is 4.79 Å². The van der Waals surface area contributed by atoms with E-state index in [1.165, 1.54) is 0 Å². The Hall–Kier alpha value is -1.42. The Balaban J connectivity index is 1.28. The lowest BCUT2D eigenvalue weighted by atomic mass is 9.59. The van der Waals surface area contributed by atoms with Crippen molar-refractivity contribution in [2.45, 2.75) is 114 Å². The van der Waals surface area contributed by atoms with Crippen LogP contribution in [-0.4, -0.2) is 102 Å². The molecule has 6 atom stereocenters. The van der Waals surface area contributed by atoms with Crippen molar-refractivity contribution in [3.8, 4) is 0 Å². The number of aliphatic hydroxyl groups is 1. The van der Waals surface area contributed by atoms with Gasteiger partial charge in [0.05, 0.1) is 35.8 Å². The van der Waals surface area contributed by atoms with Gasteiger partial charge in [-0.15, -0.1) is 0 Å². The molecule has 9 heteroatoms. The van der Waals surface area contributed by atoms with E-state index in [1.807, 2.05) is 25.7 Å². The van der Waals surface area contributed by atoms with Crippen molar-refractivity contribution in [1.82, 2.24) is 15.1 Å². The molecule has 0 unspecified atom stereocenters. The third-order valence-corrected chi connectivity index (χ3v) is 9.18. The number of piperazine rings is 1. The minimum atomic E-state index is -0.927.